The van der Waals surface area contributed by atoms with Gasteiger partial charge >= 0.3 is 0 Å². The molecule has 10 heavy (non-hydrogen) atoms. The average Bonchev–Trinajstić information content (AvgIpc) is 1.97. The summed E-state index contributed by atoms with van der Waals surface area (Å²) in [6, 6.07) is 0. The number of nitrogens with two attached hydrogens (primary N) is 1. The van der Waals surface area contributed by atoms with Crippen LogP contribution in [-0.4, -0.2) is 31.0 Å². The summed E-state index contributed by atoms with van der Waals surface area (Å²) >= 11 is 0. The lowest BCUT2D eigenvalue weighted by atomic mass is 10.2. The third kappa shape index (κ3) is 6.01. The first-order chi connectivity index (χ1) is 4.81. The molecule has 0 fully saturated rings. The third-order valence-electron chi connectivity index (χ3n) is 1.26. The lowest BCUT2D eigenvalue weighted by Crippen LogP contribution is -2.16. The van der Waals surface area contributed by atoms with Crippen LogP contribution in [-0.2, 0) is 4.74 Å². The van der Waals surface area contributed by atoms with Crippen LogP contribution in [0.25, 0.3) is 0 Å². The lowest BCUT2D eigenvalue weighted by molar-refractivity contribution is 0.0375. The minimum atomic E-state index is -0.330. The van der Waals surface area contributed by atoms with Crippen LogP contribution >= 0.6 is 0 Å². The van der Waals surface area contributed by atoms with Crippen LogP contribution in [0.2, 0.25) is 0 Å². The van der Waals surface area contributed by atoms with Crippen molar-refractivity contribution in [3.63, 3.8) is 0 Å². The van der Waals surface area contributed by atoms with Crippen LogP contribution in [0.3, 0.4) is 0 Å². The maximum absolute atomic E-state index is 9.13. The van der Waals surface area contributed by atoms with Gasteiger partial charge in [0.05, 0.1) is 12.7 Å². The summed E-state index contributed by atoms with van der Waals surface area (Å²) in [6.45, 7) is 3.66. The topological polar surface area (TPSA) is 55.5 Å². The van der Waals surface area contributed by atoms with Gasteiger partial charge in [0.15, 0.2) is 0 Å². The molecule has 0 bridgehead atoms. The van der Waals surface area contributed by atoms with E-state index in [9.17, 15) is 0 Å². The van der Waals surface area contributed by atoms with Crippen molar-refractivity contribution in [3.8, 4) is 0 Å². The highest BCUT2D eigenvalue weighted by molar-refractivity contribution is 4.53. The Bertz CT molecular complexity index is 60.6. The molecule has 0 aromatic carbocycles. The molecule has 3 heteroatoms. The number of aliphatic hydroxyl groups is 1. The van der Waals surface area contributed by atoms with E-state index in [4.69, 9.17) is 15.6 Å². The second-order valence-electron chi connectivity index (χ2n) is 2.24. The standard InChI is InChI=1S/C7H17NO2/c1-2-10-6-7(9)4-3-5-8/h7,9H,2-6,8H2,1H3. The fourth-order valence-corrected chi connectivity index (χ4v) is 0.691. The fraction of sp³-hybridized carbons (Fsp3) is 1.00. The molecule has 0 aliphatic carbocycles. The number of aliphatic hydroxyl groups excluding tert-OH is 1. The maximum Gasteiger partial charge on any atom is 0.0774 e. The Morgan fingerprint density at radius 3 is 2.80 bits per heavy atom. The molecule has 0 amide bonds. The Kier molecular flexibility index (Phi) is 6.91. The quantitative estimate of drug-likeness (QED) is 0.561. The molecule has 3 nitrogen and oxygen atoms in total. The molecule has 0 radical (unpaired) electrons. The van der Waals surface area contributed by atoms with Crippen LogP contribution in [0.5, 0.6) is 0 Å². The van der Waals surface area contributed by atoms with E-state index in [2.05, 4.69) is 0 Å². The first-order valence-corrected chi connectivity index (χ1v) is 3.77. The molecule has 0 rings (SSSR count). The average molecular weight is 147 g/mol. The van der Waals surface area contributed by atoms with E-state index in [1.807, 2.05) is 6.92 Å². The zero-order valence-corrected chi connectivity index (χ0v) is 6.55. The molecule has 0 spiro atoms. The molecule has 0 saturated heterocycles. The van der Waals surface area contributed by atoms with Crippen molar-refractivity contribution in [2.24, 2.45) is 5.73 Å². The summed E-state index contributed by atoms with van der Waals surface area (Å²) in [7, 11) is 0. The molecule has 0 aliphatic heterocycles. The largest absolute Gasteiger partial charge is 0.391 e. The minimum Gasteiger partial charge on any atom is -0.391 e. The molecular weight excluding hydrogens is 130 g/mol. The molecule has 3 N–H and O–H groups in total. The molecule has 62 valence electrons. The zero-order chi connectivity index (χ0) is 7.82. The number of ether oxygens (including phenoxy) is 1. The Morgan fingerprint density at radius 1 is 1.60 bits per heavy atom. The van der Waals surface area contributed by atoms with Crippen molar-refractivity contribution in [2.75, 3.05) is 19.8 Å². The number of rotatable bonds is 6. The third-order valence-corrected chi connectivity index (χ3v) is 1.26. The van der Waals surface area contributed by atoms with Gasteiger partial charge in [-0.25, -0.2) is 0 Å². The van der Waals surface area contributed by atoms with Crippen molar-refractivity contribution in [3.05, 3.63) is 0 Å². The van der Waals surface area contributed by atoms with Crippen LogP contribution < -0.4 is 5.73 Å². The Hall–Kier alpha value is -0.120. The summed E-state index contributed by atoms with van der Waals surface area (Å²) in [4.78, 5) is 0. The molecule has 1 atom stereocenters. The molecule has 0 saturated carbocycles. The normalized spacial score (nSPS) is 13.5. The van der Waals surface area contributed by atoms with Crippen molar-refractivity contribution >= 4 is 0 Å². The number of hydrogen-bond donors (Lipinski definition) is 2. The van der Waals surface area contributed by atoms with E-state index in [1.54, 1.807) is 0 Å². The van der Waals surface area contributed by atoms with Crippen LogP contribution in [0.1, 0.15) is 19.8 Å². The predicted octanol–water partition coefficient (Wildman–Crippen LogP) is 0.123. The second-order valence-corrected chi connectivity index (χ2v) is 2.24. The summed E-state index contributed by atoms with van der Waals surface area (Å²) in [6.07, 6.45) is 1.29. The van der Waals surface area contributed by atoms with Gasteiger partial charge in [-0.1, -0.05) is 0 Å². The molecule has 0 aromatic heterocycles. The van der Waals surface area contributed by atoms with Gasteiger partial charge in [-0.2, -0.15) is 0 Å². The van der Waals surface area contributed by atoms with Gasteiger partial charge in [0.2, 0.25) is 0 Å². The van der Waals surface area contributed by atoms with Crippen LogP contribution in [0.15, 0.2) is 0 Å². The highest BCUT2D eigenvalue weighted by Crippen LogP contribution is 1.95. The van der Waals surface area contributed by atoms with Gasteiger partial charge in [0, 0.05) is 6.61 Å². The Morgan fingerprint density at radius 2 is 2.30 bits per heavy atom. The summed E-state index contributed by atoms with van der Waals surface area (Å²) in [5.74, 6) is 0. The molecule has 0 heterocycles. The Labute approximate surface area is 62.2 Å². The van der Waals surface area contributed by atoms with Crippen molar-refractivity contribution in [2.45, 2.75) is 25.9 Å². The Balaban J connectivity index is 3.00. The van der Waals surface area contributed by atoms with Gasteiger partial charge in [-0.15, -0.1) is 0 Å². The van der Waals surface area contributed by atoms with Crippen LogP contribution in [0, 0.1) is 0 Å². The van der Waals surface area contributed by atoms with E-state index < -0.39 is 0 Å². The van der Waals surface area contributed by atoms with Gasteiger partial charge in [0.25, 0.3) is 0 Å². The highest BCUT2D eigenvalue weighted by atomic mass is 16.5. The van der Waals surface area contributed by atoms with Crippen molar-refractivity contribution < 1.29 is 9.84 Å². The van der Waals surface area contributed by atoms with Gasteiger partial charge in [0.1, 0.15) is 0 Å². The van der Waals surface area contributed by atoms with Gasteiger partial charge in [-0.05, 0) is 26.3 Å². The second kappa shape index (κ2) is 6.99. The lowest BCUT2D eigenvalue weighted by Gasteiger charge is -2.08. The monoisotopic (exact) mass is 147 g/mol. The van der Waals surface area contributed by atoms with E-state index in [0.717, 1.165) is 12.8 Å². The summed E-state index contributed by atoms with van der Waals surface area (Å²) < 4.78 is 5.00. The molecule has 1 unspecified atom stereocenters. The smallest absolute Gasteiger partial charge is 0.0774 e. The molecule has 0 aromatic rings. The zero-order valence-electron chi connectivity index (χ0n) is 6.55. The van der Waals surface area contributed by atoms with Crippen LogP contribution in [0.4, 0.5) is 0 Å². The molecule has 0 aliphatic rings. The van der Waals surface area contributed by atoms with E-state index in [1.165, 1.54) is 0 Å². The minimum absolute atomic E-state index is 0.330. The number of hydrogen-bond acceptors (Lipinski definition) is 3. The molecular formula is C7H17NO2. The highest BCUT2D eigenvalue weighted by Gasteiger charge is 2.01. The van der Waals surface area contributed by atoms with Gasteiger partial charge in [-0.3, -0.25) is 0 Å². The fourth-order valence-electron chi connectivity index (χ4n) is 0.691. The first-order valence-electron chi connectivity index (χ1n) is 3.77. The maximum atomic E-state index is 9.13. The van der Waals surface area contributed by atoms with E-state index >= 15 is 0 Å². The first kappa shape index (κ1) is 9.88. The van der Waals surface area contributed by atoms with E-state index in [-0.39, 0.29) is 6.10 Å². The summed E-state index contributed by atoms with van der Waals surface area (Å²) in [5, 5.41) is 9.13. The van der Waals surface area contributed by atoms with Gasteiger partial charge < -0.3 is 15.6 Å². The van der Waals surface area contributed by atoms with Crippen molar-refractivity contribution in [1.29, 1.82) is 0 Å². The summed E-state index contributed by atoms with van der Waals surface area (Å²) in [5.41, 5.74) is 5.25. The van der Waals surface area contributed by atoms with Crippen molar-refractivity contribution in [1.82, 2.24) is 0 Å². The predicted molar refractivity (Wildman–Crippen MR) is 40.8 cm³/mol. The van der Waals surface area contributed by atoms with E-state index in [0.29, 0.717) is 19.8 Å². The SMILES string of the molecule is CCOCC(O)CCCN.